The molecule has 0 N–H and O–H groups in total. The number of ketones is 1. The molecule has 5 nitrogen and oxygen atoms in total. The van der Waals surface area contributed by atoms with Crippen molar-refractivity contribution < 1.29 is 19.1 Å². The topological polar surface area (TPSA) is 63.7 Å². The third-order valence-corrected chi connectivity index (χ3v) is 4.09. The Morgan fingerprint density at radius 1 is 1.17 bits per heavy atom. The molecule has 1 amide bonds. The van der Waals surface area contributed by atoms with Crippen LogP contribution in [0.15, 0.2) is 24.3 Å². The Hall–Kier alpha value is -2.17. The third-order valence-electron chi connectivity index (χ3n) is 4.09. The smallest absolute Gasteiger partial charge is 0.314 e. The van der Waals surface area contributed by atoms with Gasteiger partial charge < -0.3 is 9.64 Å². The van der Waals surface area contributed by atoms with Crippen molar-refractivity contribution >= 4 is 17.7 Å². The molecule has 124 valence electrons. The second kappa shape index (κ2) is 7.40. The molecule has 0 saturated carbocycles. The van der Waals surface area contributed by atoms with E-state index < -0.39 is 0 Å². The molecule has 1 aromatic carbocycles. The number of rotatable bonds is 4. The first kappa shape index (κ1) is 17.2. The Labute approximate surface area is 136 Å². The van der Waals surface area contributed by atoms with Gasteiger partial charge in [0.1, 0.15) is 5.75 Å². The fourth-order valence-corrected chi connectivity index (χ4v) is 2.68. The van der Waals surface area contributed by atoms with Crippen LogP contribution in [-0.2, 0) is 9.59 Å². The van der Waals surface area contributed by atoms with Gasteiger partial charge in [0.25, 0.3) is 0 Å². The molecule has 1 aliphatic heterocycles. The maximum atomic E-state index is 12.2. The Morgan fingerprint density at radius 2 is 1.83 bits per heavy atom. The van der Waals surface area contributed by atoms with Crippen LogP contribution in [0.5, 0.6) is 5.75 Å². The zero-order chi connectivity index (χ0) is 17.0. The second-order valence-electron chi connectivity index (χ2n) is 6.26. The second-order valence-corrected chi connectivity index (χ2v) is 6.26. The summed E-state index contributed by atoms with van der Waals surface area (Å²) in [4.78, 5) is 37.4. The van der Waals surface area contributed by atoms with Crippen LogP contribution in [0, 0.1) is 11.8 Å². The predicted molar refractivity (Wildman–Crippen MR) is 86.2 cm³/mol. The molecule has 0 unspecified atom stereocenters. The quantitative estimate of drug-likeness (QED) is 0.486. The fraction of sp³-hybridized carbons (Fsp3) is 0.500. The Morgan fingerprint density at radius 3 is 2.39 bits per heavy atom. The Balaban J connectivity index is 1.92. The molecule has 0 radical (unpaired) electrons. The summed E-state index contributed by atoms with van der Waals surface area (Å²) in [5.74, 6) is -0.0554. The largest absolute Gasteiger partial charge is 0.426 e. The van der Waals surface area contributed by atoms with E-state index in [9.17, 15) is 14.4 Å². The number of Topliss-reactive ketones (excluding diaryl/α,β-unsaturated/α-hetero) is 1. The van der Waals surface area contributed by atoms with Crippen LogP contribution in [0.1, 0.15) is 44.0 Å². The fourth-order valence-electron chi connectivity index (χ4n) is 2.68. The van der Waals surface area contributed by atoms with Crippen LogP contribution in [0.25, 0.3) is 0 Å². The molecule has 0 aromatic heterocycles. The zero-order valence-electron chi connectivity index (χ0n) is 13.9. The number of nitrogens with zero attached hydrogens (tertiary/aromatic N) is 1. The lowest BCUT2D eigenvalue weighted by molar-refractivity contribution is -0.144. The molecule has 23 heavy (non-hydrogen) atoms. The number of hydrogen-bond donors (Lipinski definition) is 0. The summed E-state index contributed by atoms with van der Waals surface area (Å²) in [6, 6.07) is 6.64. The third kappa shape index (κ3) is 4.41. The van der Waals surface area contributed by atoms with E-state index in [4.69, 9.17) is 4.74 Å². The average molecular weight is 317 g/mol. The molecule has 1 aliphatic rings. The van der Waals surface area contributed by atoms with Crippen molar-refractivity contribution in [2.75, 3.05) is 13.1 Å². The van der Waals surface area contributed by atoms with E-state index in [1.807, 2.05) is 18.7 Å². The van der Waals surface area contributed by atoms with Crippen LogP contribution in [0.3, 0.4) is 0 Å². The van der Waals surface area contributed by atoms with Gasteiger partial charge in [-0.1, -0.05) is 26.0 Å². The SMILES string of the molecule is CC(=O)c1cccc(OC(=O)C2CCN(C(=O)C(C)C)CC2)c1. The molecule has 1 fully saturated rings. The van der Waals surface area contributed by atoms with Gasteiger partial charge in [-0.15, -0.1) is 0 Å². The zero-order valence-corrected chi connectivity index (χ0v) is 13.9. The van der Waals surface area contributed by atoms with Crippen molar-refractivity contribution in [2.45, 2.75) is 33.6 Å². The molecule has 0 bridgehead atoms. The molecular formula is C18H23NO4. The maximum absolute atomic E-state index is 12.2. The number of carbonyl (C=O) groups is 3. The van der Waals surface area contributed by atoms with E-state index in [2.05, 4.69) is 0 Å². The van der Waals surface area contributed by atoms with Crippen molar-refractivity contribution in [1.29, 1.82) is 0 Å². The average Bonchev–Trinajstić information content (AvgIpc) is 2.54. The maximum Gasteiger partial charge on any atom is 0.314 e. The van der Waals surface area contributed by atoms with Crippen LogP contribution < -0.4 is 4.74 Å². The van der Waals surface area contributed by atoms with Crippen molar-refractivity contribution in [3.63, 3.8) is 0 Å². The lowest BCUT2D eigenvalue weighted by atomic mass is 9.96. The predicted octanol–water partition coefficient (Wildman–Crippen LogP) is 2.69. The summed E-state index contributed by atoms with van der Waals surface area (Å²) >= 11 is 0. The van der Waals surface area contributed by atoms with Crippen LogP contribution in [0.2, 0.25) is 0 Å². The molecule has 1 saturated heterocycles. The van der Waals surface area contributed by atoms with Crippen molar-refractivity contribution in [3.8, 4) is 5.75 Å². The molecule has 0 spiro atoms. The standard InChI is InChI=1S/C18H23NO4/c1-12(2)17(21)19-9-7-14(8-10-19)18(22)23-16-6-4-5-15(11-16)13(3)20/h4-6,11-12,14H,7-10H2,1-3H3. The minimum absolute atomic E-state index is 0.0205. The van der Waals surface area contributed by atoms with Gasteiger partial charge in [-0.25, -0.2) is 0 Å². The van der Waals surface area contributed by atoms with Gasteiger partial charge in [-0.3, -0.25) is 14.4 Å². The van der Waals surface area contributed by atoms with Gasteiger partial charge in [0.15, 0.2) is 5.78 Å². The number of carbonyl (C=O) groups excluding carboxylic acids is 3. The highest BCUT2D eigenvalue weighted by molar-refractivity contribution is 5.94. The van der Waals surface area contributed by atoms with Gasteiger partial charge in [0.2, 0.25) is 5.91 Å². The minimum Gasteiger partial charge on any atom is -0.426 e. The Bertz CT molecular complexity index is 601. The lowest BCUT2D eigenvalue weighted by Crippen LogP contribution is -2.42. The lowest BCUT2D eigenvalue weighted by Gasteiger charge is -2.32. The van der Waals surface area contributed by atoms with Crippen molar-refractivity contribution in [2.24, 2.45) is 11.8 Å². The van der Waals surface area contributed by atoms with Gasteiger partial charge in [0, 0.05) is 24.6 Å². The minimum atomic E-state index is -0.289. The summed E-state index contributed by atoms with van der Waals surface area (Å²) in [5.41, 5.74) is 0.521. The number of esters is 1. The highest BCUT2D eigenvalue weighted by atomic mass is 16.5. The highest BCUT2D eigenvalue weighted by Crippen LogP contribution is 2.22. The molecule has 1 aromatic rings. The van der Waals surface area contributed by atoms with Crippen LogP contribution in [-0.4, -0.2) is 35.6 Å². The molecule has 0 atom stereocenters. The summed E-state index contributed by atoms with van der Waals surface area (Å²) in [6.45, 7) is 6.41. The normalized spacial score (nSPS) is 15.6. The monoisotopic (exact) mass is 317 g/mol. The summed E-state index contributed by atoms with van der Waals surface area (Å²) < 4.78 is 5.39. The van der Waals surface area contributed by atoms with E-state index in [0.29, 0.717) is 37.2 Å². The highest BCUT2D eigenvalue weighted by Gasteiger charge is 2.29. The molecular weight excluding hydrogens is 294 g/mol. The van der Waals surface area contributed by atoms with Gasteiger partial charge in [-0.2, -0.15) is 0 Å². The first-order valence-electron chi connectivity index (χ1n) is 8.00. The van der Waals surface area contributed by atoms with E-state index in [-0.39, 0.29) is 29.5 Å². The van der Waals surface area contributed by atoms with Gasteiger partial charge in [-0.05, 0) is 31.9 Å². The van der Waals surface area contributed by atoms with Crippen molar-refractivity contribution in [3.05, 3.63) is 29.8 Å². The number of hydrogen-bond acceptors (Lipinski definition) is 4. The van der Waals surface area contributed by atoms with E-state index in [1.54, 1.807) is 24.3 Å². The molecule has 2 rings (SSSR count). The van der Waals surface area contributed by atoms with E-state index in [0.717, 1.165) is 0 Å². The van der Waals surface area contributed by atoms with Crippen molar-refractivity contribution in [1.82, 2.24) is 4.90 Å². The number of amides is 1. The first-order chi connectivity index (χ1) is 10.9. The number of ether oxygens (including phenoxy) is 1. The summed E-state index contributed by atoms with van der Waals surface area (Å²) in [5, 5.41) is 0. The number of likely N-dealkylation sites (tertiary alicyclic amines) is 1. The number of benzene rings is 1. The first-order valence-corrected chi connectivity index (χ1v) is 8.00. The van der Waals surface area contributed by atoms with Gasteiger partial charge in [0.05, 0.1) is 5.92 Å². The molecule has 1 heterocycles. The van der Waals surface area contributed by atoms with E-state index in [1.165, 1.54) is 6.92 Å². The molecule has 0 aliphatic carbocycles. The number of piperidine rings is 1. The summed E-state index contributed by atoms with van der Waals surface area (Å²) in [7, 11) is 0. The van der Waals surface area contributed by atoms with Gasteiger partial charge >= 0.3 is 5.97 Å². The van der Waals surface area contributed by atoms with E-state index >= 15 is 0 Å². The van der Waals surface area contributed by atoms with Crippen LogP contribution in [0.4, 0.5) is 0 Å². The Kier molecular flexibility index (Phi) is 5.53. The summed E-state index contributed by atoms with van der Waals surface area (Å²) in [6.07, 6.45) is 1.23. The van der Waals surface area contributed by atoms with Crippen LogP contribution >= 0.6 is 0 Å². The molecule has 5 heteroatoms.